The van der Waals surface area contributed by atoms with Gasteiger partial charge in [-0.15, -0.1) is 5.10 Å². The minimum absolute atomic E-state index is 0.492. The smallest absolute Gasteiger partial charge is 0.145 e. The molecule has 0 unspecified atom stereocenters. The first-order valence-electron chi connectivity index (χ1n) is 9.68. The Morgan fingerprint density at radius 1 is 1.21 bits per heavy atom. The van der Waals surface area contributed by atoms with Crippen molar-refractivity contribution in [3.8, 4) is 11.4 Å². The molecule has 7 heteroatoms. The van der Waals surface area contributed by atoms with Crippen LogP contribution in [0.1, 0.15) is 35.7 Å². The van der Waals surface area contributed by atoms with Crippen LogP contribution >= 0.6 is 0 Å². The molecule has 28 heavy (non-hydrogen) atoms. The van der Waals surface area contributed by atoms with Gasteiger partial charge in [-0.1, -0.05) is 5.21 Å². The lowest BCUT2D eigenvalue weighted by atomic mass is 9.88. The molecular weight excluding hydrogens is 354 g/mol. The monoisotopic (exact) mass is 381 g/mol. The maximum Gasteiger partial charge on any atom is 0.145 e. The first kappa shape index (κ1) is 18.8. The number of fused-ring (bicyclic) bond motifs is 1. The first-order valence-corrected chi connectivity index (χ1v) is 9.68. The van der Waals surface area contributed by atoms with Crippen LogP contribution in [-0.2, 0) is 11.3 Å². The fourth-order valence-electron chi connectivity index (χ4n) is 3.91. The summed E-state index contributed by atoms with van der Waals surface area (Å²) in [5, 5.41) is 9.73. The average Bonchev–Trinajstić information content (AvgIpc) is 3.14. The molecule has 0 spiro atoms. The van der Waals surface area contributed by atoms with Crippen LogP contribution in [0.2, 0.25) is 0 Å². The first-order chi connectivity index (χ1) is 13.5. The summed E-state index contributed by atoms with van der Waals surface area (Å²) in [6.45, 7) is 4.42. The number of rotatable bonds is 5. The molecule has 0 atom stereocenters. The Labute approximate surface area is 165 Å². The SMILES string of the molecule is COc1cc2c(C3CCOCC3)cc(C)nc2cc1-n1cc(CN(C)C)nn1. The Kier molecular flexibility index (Phi) is 5.28. The highest BCUT2D eigenvalue weighted by molar-refractivity contribution is 5.87. The molecule has 0 N–H and O–H groups in total. The van der Waals surface area contributed by atoms with Crippen molar-refractivity contribution in [1.29, 1.82) is 0 Å². The molecule has 148 valence electrons. The van der Waals surface area contributed by atoms with E-state index in [1.807, 2.05) is 20.3 Å². The lowest BCUT2D eigenvalue weighted by Gasteiger charge is -2.24. The molecule has 3 aromatic rings. The van der Waals surface area contributed by atoms with Crippen LogP contribution in [0.15, 0.2) is 24.4 Å². The number of aromatic nitrogens is 4. The van der Waals surface area contributed by atoms with E-state index in [4.69, 9.17) is 14.5 Å². The molecule has 1 saturated heterocycles. The fourth-order valence-corrected chi connectivity index (χ4v) is 3.91. The van der Waals surface area contributed by atoms with E-state index in [1.165, 1.54) is 5.56 Å². The molecule has 1 aliphatic rings. The topological polar surface area (TPSA) is 65.3 Å². The Bertz CT molecular complexity index is 976. The summed E-state index contributed by atoms with van der Waals surface area (Å²) in [6.07, 6.45) is 4.03. The number of nitrogens with zero attached hydrogens (tertiary/aromatic N) is 5. The number of ether oxygens (including phenoxy) is 2. The van der Waals surface area contributed by atoms with Gasteiger partial charge in [0.2, 0.25) is 0 Å². The van der Waals surface area contributed by atoms with E-state index in [0.29, 0.717) is 5.92 Å². The zero-order valence-corrected chi connectivity index (χ0v) is 17.0. The van der Waals surface area contributed by atoms with Crippen molar-refractivity contribution in [3.05, 3.63) is 41.3 Å². The van der Waals surface area contributed by atoms with Gasteiger partial charge < -0.3 is 14.4 Å². The number of pyridine rings is 1. The number of aryl methyl sites for hydroxylation is 1. The van der Waals surface area contributed by atoms with Crippen molar-refractivity contribution >= 4 is 10.9 Å². The van der Waals surface area contributed by atoms with Crippen LogP contribution in [0, 0.1) is 6.92 Å². The molecule has 3 heterocycles. The number of hydrogen-bond acceptors (Lipinski definition) is 6. The predicted octanol–water partition coefficient (Wildman–Crippen LogP) is 3.09. The second-order valence-corrected chi connectivity index (χ2v) is 7.67. The Morgan fingerprint density at radius 2 is 2.00 bits per heavy atom. The Hall–Kier alpha value is -2.51. The maximum atomic E-state index is 5.72. The van der Waals surface area contributed by atoms with E-state index >= 15 is 0 Å². The number of methoxy groups -OCH3 is 1. The third-order valence-electron chi connectivity index (χ3n) is 5.20. The molecule has 0 aliphatic carbocycles. The summed E-state index contributed by atoms with van der Waals surface area (Å²) in [5.74, 6) is 1.26. The summed E-state index contributed by atoms with van der Waals surface area (Å²) >= 11 is 0. The van der Waals surface area contributed by atoms with E-state index in [9.17, 15) is 0 Å². The van der Waals surface area contributed by atoms with Crippen LogP contribution in [0.4, 0.5) is 0 Å². The minimum atomic E-state index is 0.492. The van der Waals surface area contributed by atoms with Gasteiger partial charge in [-0.05, 0) is 63.5 Å². The molecule has 1 aliphatic heterocycles. The summed E-state index contributed by atoms with van der Waals surface area (Å²) in [5.41, 5.74) is 5.08. The van der Waals surface area contributed by atoms with Gasteiger partial charge in [-0.3, -0.25) is 4.98 Å². The largest absolute Gasteiger partial charge is 0.494 e. The van der Waals surface area contributed by atoms with Crippen LogP contribution in [-0.4, -0.2) is 59.3 Å². The maximum absolute atomic E-state index is 5.72. The number of benzene rings is 1. The second kappa shape index (κ2) is 7.85. The van der Waals surface area contributed by atoms with E-state index in [2.05, 4.69) is 40.3 Å². The molecule has 1 fully saturated rings. The molecule has 0 bridgehead atoms. The van der Waals surface area contributed by atoms with E-state index in [0.717, 1.165) is 66.3 Å². The lowest BCUT2D eigenvalue weighted by molar-refractivity contribution is 0.0856. The van der Waals surface area contributed by atoms with Gasteiger partial charge in [0.05, 0.1) is 24.5 Å². The van der Waals surface area contributed by atoms with Crippen molar-refractivity contribution in [2.75, 3.05) is 34.4 Å². The van der Waals surface area contributed by atoms with Crippen molar-refractivity contribution in [2.45, 2.75) is 32.2 Å². The van der Waals surface area contributed by atoms with E-state index in [-0.39, 0.29) is 0 Å². The molecule has 7 nitrogen and oxygen atoms in total. The van der Waals surface area contributed by atoms with Crippen LogP contribution < -0.4 is 4.74 Å². The summed E-state index contributed by atoms with van der Waals surface area (Å²) in [4.78, 5) is 6.86. The average molecular weight is 381 g/mol. The minimum Gasteiger partial charge on any atom is -0.494 e. The molecular formula is C21H27N5O2. The molecule has 4 rings (SSSR count). The van der Waals surface area contributed by atoms with Gasteiger partial charge in [-0.2, -0.15) is 0 Å². The van der Waals surface area contributed by atoms with Gasteiger partial charge >= 0.3 is 0 Å². The molecule has 1 aromatic carbocycles. The number of hydrogen-bond donors (Lipinski definition) is 0. The zero-order valence-electron chi connectivity index (χ0n) is 17.0. The highest BCUT2D eigenvalue weighted by Gasteiger charge is 2.21. The van der Waals surface area contributed by atoms with E-state index < -0.39 is 0 Å². The zero-order chi connectivity index (χ0) is 19.7. The fraction of sp³-hybridized carbons (Fsp3) is 0.476. The molecule has 0 radical (unpaired) electrons. The van der Waals surface area contributed by atoms with Gasteiger partial charge in [0.1, 0.15) is 11.4 Å². The van der Waals surface area contributed by atoms with Crippen molar-refractivity contribution in [1.82, 2.24) is 24.9 Å². The van der Waals surface area contributed by atoms with Crippen LogP contribution in [0.25, 0.3) is 16.6 Å². The highest BCUT2D eigenvalue weighted by atomic mass is 16.5. The molecule has 0 amide bonds. The summed E-state index contributed by atoms with van der Waals surface area (Å²) in [6, 6.07) is 6.36. The third kappa shape index (κ3) is 3.72. The van der Waals surface area contributed by atoms with Crippen LogP contribution in [0.5, 0.6) is 5.75 Å². The summed E-state index contributed by atoms with van der Waals surface area (Å²) < 4.78 is 13.0. The van der Waals surface area contributed by atoms with Crippen LogP contribution in [0.3, 0.4) is 0 Å². The van der Waals surface area contributed by atoms with Gasteiger partial charge in [-0.25, -0.2) is 4.68 Å². The van der Waals surface area contributed by atoms with Crippen molar-refractivity contribution in [2.24, 2.45) is 0 Å². The normalized spacial score (nSPS) is 15.5. The van der Waals surface area contributed by atoms with E-state index in [1.54, 1.807) is 11.8 Å². The van der Waals surface area contributed by atoms with Crippen molar-refractivity contribution in [3.63, 3.8) is 0 Å². The van der Waals surface area contributed by atoms with Gasteiger partial charge in [0.25, 0.3) is 0 Å². The Balaban J connectivity index is 1.81. The highest BCUT2D eigenvalue weighted by Crippen LogP contribution is 2.36. The quantitative estimate of drug-likeness (QED) is 0.677. The predicted molar refractivity (Wildman–Crippen MR) is 108 cm³/mol. The molecule has 2 aromatic heterocycles. The molecule has 0 saturated carbocycles. The van der Waals surface area contributed by atoms with Crippen molar-refractivity contribution < 1.29 is 9.47 Å². The second-order valence-electron chi connectivity index (χ2n) is 7.67. The standard InChI is InChI=1S/C21H27N5O2/c1-14-9-17(15-5-7-28-8-6-15)18-10-21(27-4)20(11-19(18)22-14)26-13-16(23-24-26)12-25(2)3/h9-11,13,15H,5-8,12H2,1-4H3. The third-order valence-corrected chi connectivity index (χ3v) is 5.20. The van der Waals surface area contributed by atoms with Gasteiger partial charge in [0.15, 0.2) is 0 Å². The lowest BCUT2D eigenvalue weighted by Crippen LogP contribution is -2.15. The van der Waals surface area contributed by atoms with Gasteiger partial charge in [0, 0.05) is 30.8 Å². The summed E-state index contributed by atoms with van der Waals surface area (Å²) in [7, 11) is 5.72. The Morgan fingerprint density at radius 3 is 2.71 bits per heavy atom.